The molecule has 0 spiro atoms. The van der Waals surface area contributed by atoms with E-state index in [-0.39, 0.29) is 5.11 Å². The average molecular weight is 448 g/mol. The number of rotatable bonds is 5. The van der Waals surface area contributed by atoms with Crippen LogP contribution in [0.25, 0.3) is 0 Å². The molecule has 0 aliphatic rings. The van der Waals surface area contributed by atoms with Crippen LogP contribution in [0.4, 0.5) is 16.2 Å². The van der Waals surface area contributed by atoms with Crippen LogP contribution in [0, 0.1) is 0 Å². The number of para-hydroxylation sites is 3. The van der Waals surface area contributed by atoms with Crippen LogP contribution in [-0.4, -0.2) is 28.2 Å². The molecule has 0 saturated carbocycles. The molecule has 0 bridgehead atoms. The van der Waals surface area contributed by atoms with Crippen LogP contribution in [0.2, 0.25) is 0 Å². The van der Waals surface area contributed by atoms with E-state index in [0.29, 0.717) is 17.1 Å². The Hall–Kier alpha value is -1.93. The Labute approximate surface area is 177 Å². The molecule has 0 aromatic heterocycles. The zero-order valence-corrected chi connectivity index (χ0v) is 17.2. The second kappa shape index (κ2) is 9.85. The summed E-state index contributed by atoms with van der Waals surface area (Å²) in [6, 6.07) is 15.5. The minimum Gasteiger partial charge on any atom is -0.495 e. The summed E-state index contributed by atoms with van der Waals surface area (Å²) >= 11 is 23.1. The molecule has 6 nitrogen and oxygen atoms in total. The molecule has 0 saturated heterocycles. The molecule has 10 heteroatoms. The molecule has 0 unspecified atom stereocenters. The largest absolute Gasteiger partial charge is 0.495 e. The summed E-state index contributed by atoms with van der Waals surface area (Å²) in [7, 11) is 1.54. The summed E-state index contributed by atoms with van der Waals surface area (Å²) in [5, 5.41) is 11.0. The molecule has 4 N–H and O–H groups in total. The molecule has 0 fully saturated rings. The van der Waals surface area contributed by atoms with Gasteiger partial charge in [0.15, 0.2) is 11.3 Å². The molecule has 0 aliphatic carbocycles. The van der Waals surface area contributed by atoms with E-state index in [4.69, 9.17) is 51.8 Å². The number of urea groups is 1. The van der Waals surface area contributed by atoms with Gasteiger partial charge in [-0.1, -0.05) is 65.1 Å². The first-order valence-corrected chi connectivity index (χ1v) is 9.23. The Morgan fingerprint density at radius 2 is 1.63 bits per heavy atom. The molecule has 0 heterocycles. The number of ether oxygens (including phenoxy) is 1. The van der Waals surface area contributed by atoms with E-state index in [9.17, 15) is 4.79 Å². The van der Waals surface area contributed by atoms with E-state index in [1.54, 1.807) is 36.4 Å². The van der Waals surface area contributed by atoms with E-state index in [0.717, 1.165) is 0 Å². The van der Waals surface area contributed by atoms with Crippen molar-refractivity contribution in [2.24, 2.45) is 0 Å². The maximum Gasteiger partial charge on any atom is 0.320 e. The smallest absolute Gasteiger partial charge is 0.320 e. The Morgan fingerprint density at radius 1 is 1.00 bits per heavy atom. The molecule has 2 rings (SSSR count). The van der Waals surface area contributed by atoms with E-state index < -0.39 is 16.0 Å². The summed E-state index contributed by atoms with van der Waals surface area (Å²) in [5.74, 6) is 0.585. The maximum absolute atomic E-state index is 12.2. The van der Waals surface area contributed by atoms with E-state index in [1.807, 2.05) is 18.2 Å². The number of amides is 2. The molecule has 2 aromatic carbocycles. The molecular formula is C17H17Cl3N4O2S. The highest BCUT2D eigenvalue weighted by molar-refractivity contribution is 7.80. The van der Waals surface area contributed by atoms with Gasteiger partial charge in [-0.05, 0) is 36.5 Å². The SMILES string of the molecule is COc1ccccc1NC(=S)N[C@H](NC(=O)Nc1ccccc1)C(Cl)(Cl)Cl. The van der Waals surface area contributed by atoms with Gasteiger partial charge in [0.2, 0.25) is 3.79 Å². The lowest BCUT2D eigenvalue weighted by Gasteiger charge is -2.28. The van der Waals surface area contributed by atoms with Crippen molar-refractivity contribution in [1.82, 2.24) is 10.6 Å². The van der Waals surface area contributed by atoms with Gasteiger partial charge < -0.3 is 26.0 Å². The van der Waals surface area contributed by atoms with Gasteiger partial charge in [0.1, 0.15) is 5.75 Å². The van der Waals surface area contributed by atoms with Crippen molar-refractivity contribution in [2.45, 2.75) is 9.96 Å². The van der Waals surface area contributed by atoms with Gasteiger partial charge in [0.05, 0.1) is 12.8 Å². The number of carbonyl (C=O) groups excluding carboxylic acids is 1. The standard InChI is InChI=1S/C17H17Cl3N4O2S/c1-26-13-10-6-5-9-12(13)22-16(27)24-14(17(18,19)20)23-15(25)21-11-7-3-2-4-8-11/h2-10,14H,1H3,(H2,21,23,25)(H2,22,24,27)/t14-/m0/s1. The van der Waals surface area contributed by atoms with Crippen molar-refractivity contribution in [2.75, 3.05) is 17.7 Å². The first-order chi connectivity index (χ1) is 12.8. The Balaban J connectivity index is 2.01. The molecule has 144 valence electrons. The molecule has 2 amide bonds. The third-order valence-corrected chi connectivity index (χ3v) is 4.14. The zero-order valence-electron chi connectivity index (χ0n) is 14.1. The second-order valence-corrected chi connectivity index (χ2v) is 8.02. The molecule has 1 atom stereocenters. The number of benzene rings is 2. The van der Waals surface area contributed by atoms with Gasteiger partial charge in [-0.3, -0.25) is 0 Å². The molecule has 0 radical (unpaired) electrons. The number of anilines is 2. The minimum absolute atomic E-state index is 0.135. The number of thiocarbonyl (C=S) groups is 1. The fourth-order valence-corrected chi connectivity index (χ4v) is 2.61. The number of halogens is 3. The Bertz CT molecular complexity index is 787. The number of nitrogens with one attached hydrogen (secondary N) is 4. The highest BCUT2D eigenvalue weighted by atomic mass is 35.6. The highest BCUT2D eigenvalue weighted by Gasteiger charge is 2.34. The third kappa shape index (κ3) is 6.95. The van der Waals surface area contributed by atoms with Gasteiger partial charge >= 0.3 is 6.03 Å². The van der Waals surface area contributed by atoms with E-state index >= 15 is 0 Å². The molecule has 2 aromatic rings. The summed E-state index contributed by atoms with van der Waals surface area (Å²) in [4.78, 5) is 12.2. The Kier molecular flexibility index (Phi) is 7.79. The Morgan fingerprint density at radius 3 is 2.26 bits per heavy atom. The van der Waals surface area contributed by atoms with Crippen molar-refractivity contribution < 1.29 is 9.53 Å². The van der Waals surface area contributed by atoms with E-state index in [2.05, 4.69) is 21.3 Å². The normalized spacial score (nSPS) is 11.9. The van der Waals surface area contributed by atoms with Crippen LogP contribution < -0.4 is 26.0 Å². The van der Waals surface area contributed by atoms with Crippen LogP contribution >= 0.6 is 47.0 Å². The summed E-state index contributed by atoms with van der Waals surface area (Å²) in [6.07, 6.45) is -1.10. The topological polar surface area (TPSA) is 74.4 Å². The second-order valence-electron chi connectivity index (χ2n) is 5.24. The fourth-order valence-electron chi connectivity index (χ4n) is 2.06. The van der Waals surface area contributed by atoms with Crippen molar-refractivity contribution in [3.8, 4) is 5.75 Å². The molecule has 0 aliphatic heterocycles. The monoisotopic (exact) mass is 446 g/mol. The molecule has 27 heavy (non-hydrogen) atoms. The third-order valence-electron chi connectivity index (χ3n) is 3.27. The number of hydrogen-bond acceptors (Lipinski definition) is 3. The maximum atomic E-state index is 12.2. The van der Waals surface area contributed by atoms with Gasteiger partial charge in [-0.15, -0.1) is 0 Å². The van der Waals surface area contributed by atoms with Crippen LogP contribution in [0.3, 0.4) is 0 Å². The predicted molar refractivity (Wildman–Crippen MR) is 115 cm³/mol. The lowest BCUT2D eigenvalue weighted by Crippen LogP contribution is -2.57. The summed E-state index contributed by atoms with van der Waals surface area (Å²) < 4.78 is 3.38. The van der Waals surface area contributed by atoms with Gasteiger partial charge in [0.25, 0.3) is 0 Å². The zero-order chi connectivity index (χ0) is 19.9. The summed E-state index contributed by atoms with van der Waals surface area (Å²) in [6.45, 7) is 0. The summed E-state index contributed by atoms with van der Waals surface area (Å²) in [5.41, 5.74) is 1.21. The number of alkyl halides is 3. The average Bonchev–Trinajstić information content (AvgIpc) is 2.61. The van der Waals surface area contributed by atoms with Crippen LogP contribution in [0.5, 0.6) is 5.75 Å². The van der Waals surface area contributed by atoms with E-state index in [1.165, 1.54) is 7.11 Å². The predicted octanol–water partition coefficient (Wildman–Crippen LogP) is 4.50. The molecular weight excluding hydrogens is 431 g/mol. The van der Waals surface area contributed by atoms with Crippen LogP contribution in [0.1, 0.15) is 0 Å². The van der Waals surface area contributed by atoms with Crippen molar-refractivity contribution in [3.05, 3.63) is 54.6 Å². The van der Waals surface area contributed by atoms with Gasteiger partial charge in [0, 0.05) is 5.69 Å². The number of hydrogen-bond donors (Lipinski definition) is 4. The van der Waals surface area contributed by atoms with Crippen LogP contribution in [-0.2, 0) is 0 Å². The fraction of sp³-hybridized carbons (Fsp3) is 0.176. The van der Waals surface area contributed by atoms with Gasteiger partial charge in [-0.25, -0.2) is 4.79 Å². The van der Waals surface area contributed by atoms with Crippen molar-refractivity contribution in [1.29, 1.82) is 0 Å². The minimum atomic E-state index is -1.86. The van der Waals surface area contributed by atoms with Crippen molar-refractivity contribution >= 4 is 69.5 Å². The lowest BCUT2D eigenvalue weighted by atomic mass is 10.3. The van der Waals surface area contributed by atoms with Gasteiger partial charge in [-0.2, -0.15) is 0 Å². The first kappa shape index (κ1) is 21.4. The van der Waals surface area contributed by atoms with Crippen molar-refractivity contribution in [3.63, 3.8) is 0 Å². The quantitative estimate of drug-likeness (QED) is 0.308. The highest BCUT2D eigenvalue weighted by Crippen LogP contribution is 2.29. The van der Waals surface area contributed by atoms with Crippen LogP contribution in [0.15, 0.2) is 54.6 Å². The number of carbonyl (C=O) groups is 1. The lowest BCUT2D eigenvalue weighted by molar-refractivity contribution is 0.247. The number of methoxy groups -OCH3 is 1. The first-order valence-electron chi connectivity index (χ1n) is 7.69.